The largest absolute Gasteiger partial charge is 0.472 e. The summed E-state index contributed by atoms with van der Waals surface area (Å²) in [5.74, 6) is -0.613. The Labute approximate surface area is 267 Å². The number of esters is 1. The average molecular weight is 644 g/mol. The number of amides is 1. The van der Waals surface area contributed by atoms with Crippen LogP contribution in [0.15, 0.2) is 36.5 Å². The van der Waals surface area contributed by atoms with Crippen LogP contribution < -0.4 is 5.32 Å². The summed E-state index contributed by atoms with van der Waals surface area (Å²) in [6, 6.07) is 0. The number of phosphoric acid groups is 1. The van der Waals surface area contributed by atoms with Crippen LogP contribution in [-0.2, 0) is 27.9 Å². The van der Waals surface area contributed by atoms with Gasteiger partial charge >= 0.3 is 13.8 Å². The first-order valence-corrected chi connectivity index (χ1v) is 18.5. The number of unbranched alkanes of at least 4 members (excludes halogenated alkanes) is 13. The first-order chi connectivity index (χ1) is 21.3. The third-order valence-electron chi connectivity index (χ3n) is 6.89. The van der Waals surface area contributed by atoms with Gasteiger partial charge in [-0.05, 0) is 44.9 Å². The molecule has 0 saturated heterocycles. The molecule has 0 rings (SSSR count). The number of ether oxygens (including phenoxy) is 1. The normalized spacial score (nSPS) is 14.0. The molecule has 0 radical (unpaired) electrons. The second-order valence-corrected chi connectivity index (χ2v) is 12.5. The van der Waals surface area contributed by atoms with E-state index in [1.807, 2.05) is 0 Å². The Morgan fingerprint density at radius 3 is 1.82 bits per heavy atom. The Morgan fingerprint density at radius 1 is 0.727 bits per heavy atom. The molecule has 2 unspecified atom stereocenters. The maximum Gasteiger partial charge on any atom is 0.472 e. The van der Waals surface area contributed by atoms with E-state index in [4.69, 9.17) is 13.8 Å². The van der Waals surface area contributed by atoms with Crippen LogP contribution in [0.3, 0.4) is 0 Å². The molecule has 9 nitrogen and oxygen atoms in total. The van der Waals surface area contributed by atoms with E-state index in [9.17, 15) is 24.2 Å². The maximum absolute atomic E-state index is 11.9. The second-order valence-electron chi connectivity index (χ2n) is 11.1. The molecule has 0 heterocycles. The quantitative estimate of drug-likeness (QED) is 0.0298. The van der Waals surface area contributed by atoms with Crippen molar-refractivity contribution in [2.24, 2.45) is 0 Å². The number of hydrogen-bond donors (Lipinski definition) is 3. The van der Waals surface area contributed by atoms with E-state index < -0.39 is 26.5 Å². The number of hydrogen-bond acceptors (Lipinski definition) is 7. The molecular formula is C34H62NO8P. The van der Waals surface area contributed by atoms with Crippen LogP contribution in [0.5, 0.6) is 0 Å². The number of nitrogens with one attached hydrogen (secondary N) is 1. The van der Waals surface area contributed by atoms with Crippen LogP contribution in [0.25, 0.3) is 0 Å². The minimum Gasteiger partial charge on any atom is -0.463 e. The van der Waals surface area contributed by atoms with Crippen LogP contribution >= 0.6 is 7.82 Å². The van der Waals surface area contributed by atoms with Crippen molar-refractivity contribution < 1.29 is 37.9 Å². The Kier molecular flexibility index (Phi) is 30.0. The summed E-state index contributed by atoms with van der Waals surface area (Å²) in [5.41, 5.74) is 0. The van der Waals surface area contributed by atoms with E-state index in [2.05, 4.69) is 48.7 Å². The number of phosphoric ester groups is 1. The van der Waals surface area contributed by atoms with E-state index in [1.54, 1.807) is 6.92 Å². The van der Waals surface area contributed by atoms with Crippen LogP contribution in [-0.4, -0.2) is 54.3 Å². The van der Waals surface area contributed by atoms with Gasteiger partial charge in [-0.25, -0.2) is 4.57 Å². The number of carbonyl (C=O) groups is 2. The fourth-order valence-corrected chi connectivity index (χ4v) is 5.00. The van der Waals surface area contributed by atoms with Gasteiger partial charge in [0.05, 0.1) is 13.2 Å². The minimum atomic E-state index is -4.37. The van der Waals surface area contributed by atoms with Gasteiger partial charge in [-0.1, -0.05) is 115 Å². The van der Waals surface area contributed by atoms with Gasteiger partial charge in [-0.2, -0.15) is 0 Å². The predicted octanol–water partition coefficient (Wildman–Crippen LogP) is 8.26. The molecule has 0 fully saturated rings. The lowest BCUT2D eigenvalue weighted by Crippen LogP contribution is -2.26. The highest BCUT2D eigenvalue weighted by atomic mass is 31.2. The smallest absolute Gasteiger partial charge is 0.463 e. The Hall–Kier alpha value is -1.77. The van der Waals surface area contributed by atoms with Crippen molar-refractivity contribution in [3.05, 3.63) is 36.5 Å². The summed E-state index contributed by atoms with van der Waals surface area (Å²) < 4.78 is 26.2. The Morgan fingerprint density at radius 2 is 1.25 bits per heavy atom. The average Bonchev–Trinajstić information content (AvgIpc) is 3.01. The third-order valence-corrected chi connectivity index (χ3v) is 7.87. The van der Waals surface area contributed by atoms with E-state index in [0.29, 0.717) is 6.42 Å². The van der Waals surface area contributed by atoms with Gasteiger partial charge < -0.3 is 20.1 Å². The van der Waals surface area contributed by atoms with Gasteiger partial charge in [0.1, 0.15) is 12.7 Å². The van der Waals surface area contributed by atoms with Crippen molar-refractivity contribution in [2.75, 3.05) is 26.4 Å². The van der Waals surface area contributed by atoms with Gasteiger partial charge in [0.2, 0.25) is 5.91 Å². The van der Waals surface area contributed by atoms with Crippen molar-refractivity contribution in [1.82, 2.24) is 5.32 Å². The first kappa shape index (κ1) is 42.2. The molecular weight excluding hydrogens is 581 g/mol. The standard InChI is InChI=1S/C34H62NO8P/c1-3-5-6-7-8-9-10-11-12-13-14-15-16-17-18-19-20-21-22-23-24-25-26-27-34(38)41-30-32(36)31-43-44(39,40)42-29-28-35-33(37)4-2/h8-9,11-12,14-15,32,36H,3-7,10,13,16-31H2,1-2H3,(H,35,37)(H,39,40)/b9-8-,12-11-,15-14-. The minimum absolute atomic E-state index is 0.0654. The van der Waals surface area contributed by atoms with Crippen molar-refractivity contribution in [3.8, 4) is 0 Å². The van der Waals surface area contributed by atoms with Crippen LogP contribution in [0.1, 0.15) is 136 Å². The van der Waals surface area contributed by atoms with Crippen molar-refractivity contribution in [3.63, 3.8) is 0 Å². The van der Waals surface area contributed by atoms with Gasteiger partial charge in [0.15, 0.2) is 0 Å². The predicted molar refractivity (Wildman–Crippen MR) is 178 cm³/mol. The summed E-state index contributed by atoms with van der Waals surface area (Å²) >= 11 is 0. The molecule has 0 aliphatic carbocycles. The summed E-state index contributed by atoms with van der Waals surface area (Å²) in [6.07, 6.45) is 32.9. The highest BCUT2D eigenvalue weighted by molar-refractivity contribution is 7.47. The fraction of sp³-hybridized carbons (Fsp3) is 0.765. The SMILES string of the molecule is CCCCC/C=C\C/C=C\C/C=C\CCCCCCCCCCCCC(=O)OCC(O)COP(=O)(O)OCCNC(=O)CC. The topological polar surface area (TPSA) is 131 Å². The van der Waals surface area contributed by atoms with Gasteiger partial charge in [0.25, 0.3) is 0 Å². The van der Waals surface area contributed by atoms with Crippen LogP contribution in [0.2, 0.25) is 0 Å². The molecule has 0 bridgehead atoms. The molecule has 0 aliphatic heterocycles. The van der Waals surface area contributed by atoms with Crippen molar-refractivity contribution in [1.29, 1.82) is 0 Å². The number of aliphatic hydroxyl groups is 1. The monoisotopic (exact) mass is 643 g/mol. The molecule has 44 heavy (non-hydrogen) atoms. The molecule has 10 heteroatoms. The lowest BCUT2D eigenvalue weighted by molar-refractivity contribution is -0.147. The molecule has 0 aromatic carbocycles. The Bertz CT molecular complexity index is 830. The number of carbonyl (C=O) groups excluding carboxylic acids is 2. The fourth-order valence-electron chi connectivity index (χ4n) is 4.24. The molecule has 0 aromatic rings. The van der Waals surface area contributed by atoms with Crippen LogP contribution in [0.4, 0.5) is 0 Å². The number of rotatable bonds is 31. The first-order valence-electron chi connectivity index (χ1n) is 17.0. The summed E-state index contributed by atoms with van der Waals surface area (Å²) in [7, 11) is -4.37. The summed E-state index contributed by atoms with van der Waals surface area (Å²) in [5, 5.41) is 12.3. The number of aliphatic hydroxyl groups excluding tert-OH is 1. The molecule has 0 aromatic heterocycles. The zero-order valence-electron chi connectivity index (χ0n) is 27.6. The zero-order valence-corrected chi connectivity index (χ0v) is 28.5. The van der Waals surface area contributed by atoms with E-state index >= 15 is 0 Å². The lowest BCUT2D eigenvalue weighted by atomic mass is 10.1. The molecule has 256 valence electrons. The summed E-state index contributed by atoms with van der Waals surface area (Å²) in [4.78, 5) is 32.6. The van der Waals surface area contributed by atoms with Gasteiger partial charge in [-0.15, -0.1) is 0 Å². The maximum atomic E-state index is 11.9. The molecule has 0 aliphatic rings. The number of allylic oxidation sites excluding steroid dienone is 6. The molecule has 0 saturated carbocycles. The third kappa shape index (κ3) is 31.6. The second kappa shape index (κ2) is 31.2. The van der Waals surface area contributed by atoms with Gasteiger partial charge in [-0.3, -0.25) is 18.6 Å². The lowest BCUT2D eigenvalue weighted by Gasteiger charge is -2.15. The van der Waals surface area contributed by atoms with E-state index in [-0.39, 0.29) is 32.1 Å². The van der Waals surface area contributed by atoms with Crippen LogP contribution in [0, 0.1) is 0 Å². The van der Waals surface area contributed by atoms with Crippen molar-refractivity contribution >= 4 is 19.7 Å². The zero-order chi connectivity index (χ0) is 32.6. The van der Waals surface area contributed by atoms with E-state index in [1.165, 1.54) is 77.0 Å². The summed E-state index contributed by atoms with van der Waals surface area (Å²) in [6.45, 7) is 2.94. The molecule has 3 N–H and O–H groups in total. The molecule has 2 atom stereocenters. The Balaban J connectivity index is 3.51. The van der Waals surface area contributed by atoms with Gasteiger partial charge in [0, 0.05) is 19.4 Å². The highest BCUT2D eigenvalue weighted by Crippen LogP contribution is 2.42. The molecule has 1 amide bonds. The molecule has 0 spiro atoms. The highest BCUT2D eigenvalue weighted by Gasteiger charge is 2.23. The van der Waals surface area contributed by atoms with Crippen molar-refractivity contribution in [2.45, 2.75) is 142 Å². The van der Waals surface area contributed by atoms with E-state index in [0.717, 1.165) is 32.1 Å².